The van der Waals surface area contributed by atoms with Crippen LogP contribution in [0.3, 0.4) is 0 Å². The number of halogens is 3. The maximum absolute atomic E-state index is 13.6. The van der Waals surface area contributed by atoms with Gasteiger partial charge < -0.3 is 4.74 Å². The molecule has 0 aromatic heterocycles. The Balaban J connectivity index is 3.24. The van der Waals surface area contributed by atoms with Gasteiger partial charge >= 0.3 is 0 Å². The van der Waals surface area contributed by atoms with Gasteiger partial charge in [-0.15, -0.1) is 0 Å². The fourth-order valence-electron chi connectivity index (χ4n) is 0.977. The second-order valence-corrected chi connectivity index (χ2v) is 4.14. The molecule has 1 aromatic rings. The van der Waals surface area contributed by atoms with Crippen LogP contribution in [0.5, 0.6) is 5.75 Å². The number of Topliss-reactive ketones (excluding diaryl/α,β-unsaturated/α-hetero) is 1. The van der Waals surface area contributed by atoms with E-state index < -0.39 is 5.82 Å². The lowest BCUT2D eigenvalue weighted by molar-refractivity contribution is 0.102. The van der Waals surface area contributed by atoms with Crippen molar-refractivity contribution in [2.75, 3.05) is 12.4 Å². The minimum atomic E-state index is -0.519. The first-order chi connectivity index (χ1) is 6.61. The molecule has 0 N–H and O–H groups in total. The number of carbonyl (C=O) groups excluding carboxylic acids is 1. The van der Waals surface area contributed by atoms with Gasteiger partial charge in [0.25, 0.3) is 0 Å². The Bertz CT molecular complexity index is 368. The highest BCUT2D eigenvalue weighted by Crippen LogP contribution is 2.26. The van der Waals surface area contributed by atoms with Gasteiger partial charge in [-0.25, -0.2) is 4.39 Å². The summed E-state index contributed by atoms with van der Waals surface area (Å²) in [5.74, 6) is -0.355. The Morgan fingerprint density at radius 2 is 2.29 bits per heavy atom. The summed E-state index contributed by atoms with van der Waals surface area (Å²) in [4.78, 5) is 11.3. The number of hydrogen-bond acceptors (Lipinski definition) is 2. The summed E-state index contributed by atoms with van der Waals surface area (Å²) in [5, 5.41) is 0.117. The highest BCUT2D eigenvalue weighted by molar-refractivity contribution is 14.1. The zero-order chi connectivity index (χ0) is 10.7. The van der Waals surface area contributed by atoms with Crippen LogP contribution in [0, 0.1) is 9.39 Å². The summed E-state index contributed by atoms with van der Waals surface area (Å²) in [6.07, 6.45) is 0. The van der Waals surface area contributed by atoms with Gasteiger partial charge in [-0.2, -0.15) is 0 Å². The van der Waals surface area contributed by atoms with Crippen molar-refractivity contribution in [2.24, 2.45) is 0 Å². The molecule has 76 valence electrons. The number of hydrogen-bond donors (Lipinski definition) is 0. The third-order valence-electron chi connectivity index (χ3n) is 1.69. The van der Waals surface area contributed by atoms with Crippen molar-refractivity contribution in [2.45, 2.75) is 0 Å². The molecule has 0 saturated heterocycles. The maximum Gasteiger partial charge on any atom is 0.176 e. The zero-order valence-corrected chi connectivity index (χ0v) is 11.1. The molecule has 0 saturated carbocycles. The zero-order valence-electron chi connectivity index (χ0n) is 7.31. The van der Waals surface area contributed by atoms with Gasteiger partial charge in [-0.05, 0) is 34.7 Å². The van der Waals surface area contributed by atoms with E-state index in [0.717, 1.165) is 0 Å². The normalized spacial score (nSPS) is 10.0. The van der Waals surface area contributed by atoms with E-state index in [1.54, 1.807) is 6.07 Å². The van der Waals surface area contributed by atoms with E-state index in [-0.39, 0.29) is 16.7 Å². The molecule has 0 unspecified atom stereocenters. The molecule has 0 heterocycles. The van der Waals surface area contributed by atoms with Crippen LogP contribution in [-0.2, 0) is 0 Å². The fourth-order valence-corrected chi connectivity index (χ4v) is 1.97. The Morgan fingerprint density at radius 1 is 1.64 bits per heavy atom. The van der Waals surface area contributed by atoms with Crippen molar-refractivity contribution in [3.8, 4) is 5.75 Å². The largest absolute Gasteiger partial charge is 0.496 e. The van der Waals surface area contributed by atoms with Crippen LogP contribution in [0.4, 0.5) is 4.39 Å². The average molecular weight is 373 g/mol. The number of ether oxygens (including phenoxy) is 1. The molecular formula is C9H7BrFIO2. The Kier molecular flexibility index (Phi) is 4.31. The van der Waals surface area contributed by atoms with Crippen molar-refractivity contribution in [3.05, 3.63) is 27.1 Å². The van der Waals surface area contributed by atoms with Crippen LogP contribution in [0.15, 0.2) is 12.1 Å². The van der Waals surface area contributed by atoms with E-state index in [9.17, 15) is 9.18 Å². The van der Waals surface area contributed by atoms with Crippen LogP contribution in [0.1, 0.15) is 10.4 Å². The molecule has 0 fully saturated rings. The molecule has 1 rings (SSSR count). The summed E-state index contributed by atoms with van der Waals surface area (Å²) < 4.78 is 18.8. The molecule has 14 heavy (non-hydrogen) atoms. The Morgan fingerprint density at radius 3 is 2.79 bits per heavy atom. The predicted octanol–water partition coefficient (Wildman–Crippen LogP) is 3.02. The summed E-state index contributed by atoms with van der Waals surface area (Å²) >= 11 is 4.81. The van der Waals surface area contributed by atoms with Gasteiger partial charge in [0.1, 0.15) is 5.75 Å². The number of benzene rings is 1. The molecule has 2 nitrogen and oxygen atoms in total. The molecule has 0 aliphatic carbocycles. The predicted molar refractivity (Wildman–Crippen MR) is 63.8 cm³/mol. The highest BCUT2D eigenvalue weighted by atomic mass is 127. The van der Waals surface area contributed by atoms with Crippen molar-refractivity contribution in [1.82, 2.24) is 0 Å². The van der Waals surface area contributed by atoms with Gasteiger partial charge in [-0.3, -0.25) is 4.79 Å². The van der Waals surface area contributed by atoms with Crippen LogP contribution in [-0.4, -0.2) is 18.2 Å². The topological polar surface area (TPSA) is 26.3 Å². The standard InChI is InChI=1S/C9H7BrFIO2/c1-14-7-3-2-5(6(13)4-10)8(11)9(7)12/h2-3H,4H2,1H3. The summed E-state index contributed by atoms with van der Waals surface area (Å²) in [7, 11) is 1.46. The van der Waals surface area contributed by atoms with Crippen LogP contribution in [0.25, 0.3) is 0 Å². The monoisotopic (exact) mass is 372 g/mol. The van der Waals surface area contributed by atoms with Gasteiger partial charge in [0.15, 0.2) is 11.6 Å². The summed E-state index contributed by atoms with van der Waals surface area (Å²) in [6.45, 7) is 0. The summed E-state index contributed by atoms with van der Waals surface area (Å²) in [6, 6.07) is 3.01. The molecule has 0 atom stereocenters. The molecule has 0 radical (unpaired) electrons. The first-order valence-electron chi connectivity index (χ1n) is 3.73. The molecule has 0 aliphatic heterocycles. The molecule has 0 spiro atoms. The minimum Gasteiger partial charge on any atom is -0.496 e. The SMILES string of the molecule is COc1ccc(C(=O)CBr)c(F)c1I. The average Bonchev–Trinajstić information content (AvgIpc) is 2.21. The lowest BCUT2D eigenvalue weighted by atomic mass is 10.1. The number of alkyl halides is 1. The van der Waals surface area contributed by atoms with Gasteiger partial charge in [-0.1, -0.05) is 15.9 Å². The van der Waals surface area contributed by atoms with Crippen molar-refractivity contribution < 1.29 is 13.9 Å². The maximum atomic E-state index is 13.6. The third kappa shape index (κ3) is 2.25. The number of ketones is 1. The molecule has 1 aromatic carbocycles. The lowest BCUT2D eigenvalue weighted by Crippen LogP contribution is -2.05. The molecule has 0 bridgehead atoms. The van der Waals surface area contributed by atoms with Gasteiger partial charge in [0, 0.05) is 0 Å². The van der Waals surface area contributed by atoms with E-state index in [0.29, 0.717) is 9.32 Å². The molecule has 5 heteroatoms. The van der Waals surface area contributed by atoms with Crippen molar-refractivity contribution >= 4 is 44.3 Å². The smallest absolute Gasteiger partial charge is 0.176 e. The quantitative estimate of drug-likeness (QED) is 0.463. The third-order valence-corrected chi connectivity index (χ3v) is 3.20. The van der Waals surface area contributed by atoms with Gasteiger partial charge in [0.05, 0.1) is 21.6 Å². The number of carbonyl (C=O) groups is 1. The molecule has 0 amide bonds. The number of rotatable bonds is 3. The van der Waals surface area contributed by atoms with E-state index in [2.05, 4.69) is 15.9 Å². The van der Waals surface area contributed by atoms with E-state index in [1.807, 2.05) is 22.6 Å². The first kappa shape index (κ1) is 11.9. The molecule has 0 aliphatic rings. The molecular weight excluding hydrogens is 366 g/mol. The minimum absolute atomic E-state index is 0.0899. The highest BCUT2D eigenvalue weighted by Gasteiger charge is 2.16. The lowest BCUT2D eigenvalue weighted by Gasteiger charge is -2.06. The van der Waals surface area contributed by atoms with Gasteiger partial charge in [0.2, 0.25) is 0 Å². The Labute approximate surface area is 103 Å². The second-order valence-electron chi connectivity index (χ2n) is 2.50. The Hall–Kier alpha value is -0.170. The number of methoxy groups -OCH3 is 1. The van der Waals surface area contributed by atoms with E-state index >= 15 is 0 Å². The van der Waals surface area contributed by atoms with Crippen LogP contribution in [0.2, 0.25) is 0 Å². The van der Waals surface area contributed by atoms with E-state index in [1.165, 1.54) is 13.2 Å². The fraction of sp³-hybridized carbons (Fsp3) is 0.222. The van der Waals surface area contributed by atoms with Crippen molar-refractivity contribution in [3.63, 3.8) is 0 Å². The van der Waals surface area contributed by atoms with Crippen LogP contribution >= 0.6 is 38.5 Å². The van der Waals surface area contributed by atoms with E-state index in [4.69, 9.17) is 4.74 Å². The second kappa shape index (κ2) is 5.06. The van der Waals surface area contributed by atoms with Crippen LogP contribution < -0.4 is 4.74 Å². The van der Waals surface area contributed by atoms with Crippen molar-refractivity contribution in [1.29, 1.82) is 0 Å². The first-order valence-corrected chi connectivity index (χ1v) is 5.93. The summed E-state index contributed by atoms with van der Waals surface area (Å²) in [5.41, 5.74) is 0.0899.